The number of methoxy groups -OCH3 is 1. The van der Waals surface area contributed by atoms with Crippen molar-refractivity contribution >= 4 is 33.4 Å². The van der Waals surface area contributed by atoms with E-state index in [1.54, 1.807) is 13.3 Å². The molecule has 5 nitrogen and oxygen atoms in total. The lowest BCUT2D eigenvalue weighted by Crippen LogP contribution is -2.01. The second-order valence-corrected chi connectivity index (χ2v) is 4.54. The van der Waals surface area contributed by atoms with Crippen LogP contribution in [0.15, 0.2) is 34.9 Å². The van der Waals surface area contributed by atoms with Gasteiger partial charge in [0.15, 0.2) is 0 Å². The highest BCUT2D eigenvalue weighted by molar-refractivity contribution is 9.10. The van der Waals surface area contributed by atoms with Gasteiger partial charge in [-0.1, -0.05) is 12.1 Å². The second-order valence-electron chi connectivity index (χ2n) is 3.68. The van der Waals surface area contributed by atoms with Crippen LogP contribution >= 0.6 is 15.9 Å². The van der Waals surface area contributed by atoms with E-state index in [0.29, 0.717) is 12.4 Å². The van der Waals surface area contributed by atoms with Gasteiger partial charge in [0.05, 0.1) is 11.1 Å². The number of aromatic nitrogens is 2. The number of nitrogens with one attached hydrogen (secondary N) is 1. The lowest BCUT2D eigenvalue weighted by molar-refractivity contribution is 0.185. The summed E-state index contributed by atoms with van der Waals surface area (Å²) in [4.78, 5) is 8.01. The molecular formula is C12H13BrN4O. The van der Waals surface area contributed by atoms with Crippen LogP contribution in [0.2, 0.25) is 0 Å². The third-order valence-corrected chi connectivity index (χ3v) is 2.84. The molecule has 1 aromatic heterocycles. The lowest BCUT2D eigenvalue weighted by atomic mass is 10.2. The van der Waals surface area contributed by atoms with Crippen LogP contribution in [0, 0.1) is 0 Å². The van der Waals surface area contributed by atoms with Gasteiger partial charge in [-0.05, 0) is 33.6 Å². The number of nitrogens with two attached hydrogens (primary N) is 1. The van der Waals surface area contributed by atoms with Crippen molar-refractivity contribution in [1.29, 1.82) is 0 Å². The van der Waals surface area contributed by atoms with Gasteiger partial charge < -0.3 is 15.8 Å². The van der Waals surface area contributed by atoms with E-state index in [1.165, 1.54) is 0 Å². The minimum atomic E-state index is 0.230. The smallest absolute Gasteiger partial charge is 0.222 e. The number of nitrogen functional groups attached to an aromatic ring is 1. The van der Waals surface area contributed by atoms with Crippen LogP contribution in [0.4, 0.5) is 17.5 Å². The van der Waals surface area contributed by atoms with Crippen LogP contribution < -0.4 is 11.1 Å². The largest absolute Gasteiger partial charge is 0.380 e. The molecule has 0 amide bonds. The SMILES string of the molecule is COCc1cccc(Nc2nc(N)ncc2Br)c1. The van der Waals surface area contributed by atoms with Gasteiger partial charge in [-0.15, -0.1) is 0 Å². The van der Waals surface area contributed by atoms with E-state index in [2.05, 4.69) is 31.2 Å². The topological polar surface area (TPSA) is 73.1 Å². The van der Waals surface area contributed by atoms with E-state index < -0.39 is 0 Å². The normalized spacial score (nSPS) is 10.3. The molecular weight excluding hydrogens is 296 g/mol. The molecule has 1 aromatic carbocycles. The number of rotatable bonds is 4. The number of benzene rings is 1. The van der Waals surface area contributed by atoms with Gasteiger partial charge >= 0.3 is 0 Å². The third kappa shape index (κ3) is 3.18. The minimum Gasteiger partial charge on any atom is -0.380 e. The summed E-state index contributed by atoms with van der Waals surface area (Å²) in [5, 5.41) is 3.18. The van der Waals surface area contributed by atoms with Crippen molar-refractivity contribution in [2.24, 2.45) is 0 Å². The van der Waals surface area contributed by atoms with E-state index in [0.717, 1.165) is 15.7 Å². The Morgan fingerprint density at radius 2 is 2.28 bits per heavy atom. The van der Waals surface area contributed by atoms with E-state index >= 15 is 0 Å². The Kier molecular flexibility index (Phi) is 4.11. The molecule has 0 radical (unpaired) electrons. The summed E-state index contributed by atoms with van der Waals surface area (Å²) in [5.41, 5.74) is 7.56. The fraction of sp³-hybridized carbons (Fsp3) is 0.167. The van der Waals surface area contributed by atoms with Crippen LogP contribution in [-0.4, -0.2) is 17.1 Å². The van der Waals surface area contributed by atoms with Crippen LogP contribution in [-0.2, 0) is 11.3 Å². The Labute approximate surface area is 114 Å². The van der Waals surface area contributed by atoms with Crippen molar-refractivity contribution in [3.63, 3.8) is 0 Å². The van der Waals surface area contributed by atoms with Gasteiger partial charge in [-0.2, -0.15) is 4.98 Å². The molecule has 0 saturated heterocycles. The van der Waals surface area contributed by atoms with Gasteiger partial charge in [-0.3, -0.25) is 0 Å². The summed E-state index contributed by atoms with van der Waals surface area (Å²) in [6.07, 6.45) is 1.61. The molecule has 3 N–H and O–H groups in total. The Balaban J connectivity index is 2.22. The number of nitrogens with zero attached hydrogens (tertiary/aromatic N) is 2. The van der Waals surface area contributed by atoms with Gasteiger partial charge in [0.25, 0.3) is 0 Å². The van der Waals surface area contributed by atoms with Gasteiger partial charge in [-0.25, -0.2) is 4.98 Å². The molecule has 0 fully saturated rings. The van der Waals surface area contributed by atoms with E-state index in [9.17, 15) is 0 Å². The molecule has 0 aliphatic carbocycles. The van der Waals surface area contributed by atoms with E-state index in [1.807, 2.05) is 24.3 Å². The molecule has 94 valence electrons. The average Bonchev–Trinajstić information content (AvgIpc) is 2.35. The summed E-state index contributed by atoms with van der Waals surface area (Å²) < 4.78 is 5.85. The maximum Gasteiger partial charge on any atom is 0.222 e. The molecule has 0 unspecified atom stereocenters. The monoisotopic (exact) mass is 308 g/mol. The summed E-state index contributed by atoms with van der Waals surface area (Å²) in [5.74, 6) is 0.866. The van der Waals surface area contributed by atoms with Crippen molar-refractivity contribution in [3.8, 4) is 0 Å². The maximum atomic E-state index is 5.56. The summed E-state index contributed by atoms with van der Waals surface area (Å²) in [6.45, 7) is 0.572. The molecule has 0 bridgehead atoms. The highest BCUT2D eigenvalue weighted by Crippen LogP contribution is 2.24. The third-order valence-electron chi connectivity index (χ3n) is 2.26. The molecule has 2 aromatic rings. The highest BCUT2D eigenvalue weighted by Gasteiger charge is 2.04. The minimum absolute atomic E-state index is 0.230. The van der Waals surface area contributed by atoms with Crippen molar-refractivity contribution in [2.45, 2.75) is 6.61 Å². The van der Waals surface area contributed by atoms with Crippen molar-refractivity contribution < 1.29 is 4.74 Å². The molecule has 0 spiro atoms. The van der Waals surface area contributed by atoms with Crippen LogP contribution in [0.1, 0.15) is 5.56 Å². The quantitative estimate of drug-likeness (QED) is 0.908. The van der Waals surface area contributed by atoms with Crippen molar-refractivity contribution in [1.82, 2.24) is 9.97 Å². The number of hydrogen-bond acceptors (Lipinski definition) is 5. The van der Waals surface area contributed by atoms with E-state index in [4.69, 9.17) is 10.5 Å². The Morgan fingerprint density at radius 3 is 3.06 bits per heavy atom. The first kappa shape index (κ1) is 12.8. The lowest BCUT2D eigenvalue weighted by Gasteiger charge is -2.09. The fourth-order valence-corrected chi connectivity index (χ4v) is 1.80. The summed E-state index contributed by atoms with van der Waals surface area (Å²) in [7, 11) is 1.67. The predicted octanol–water partition coefficient (Wildman–Crippen LogP) is 2.71. The summed E-state index contributed by atoms with van der Waals surface area (Å²) >= 11 is 3.37. The van der Waals surface area contributed by atoms with Crippen molar-refractivity contribution in [3.05, 3.63) is 40.5 Å². The fourth-order valence-electron chi connectivity index (χ4n) is 1.51. The van der Waals surface area contributed by atoms with Gasteiger partial charge in [0.2, 0.25) is 5.95 Å². The van der Waals surface area contributed by atoms with Crippen LogP contribution in [0.5, 0.6) is 0 Å². The van der Waals surface area contributed by atoms with Gasteiger partial charge in [0, 0.05) is 19.0 Å². The molecule has 0 aliphatic rings. The van der Waals surface area contributed by atoms with Crippen molar-refractivity contribution in [2.75, 3.05) is 18.2 Å². The molecule has 2 rings (SSSR count). The maximum absolute atomic E-state index is 5.56. The molecule has 0 aliphatic heterocycles. The first-order valence-electron chi connectivity index (χ1n) is 5.32. The predicted molar refractivity (Wildman–Crippen MR) is 74.6 cm³/mol. The second kappa shape index (κ2) is 5.79. The zero-order chi connectivity index (χ0) is 13.0. The van der Waals surface area contributed by atoms with Gasteiger partial charge in [0.1, 0.15) is 5.82 Å². The highest BCUT2D eigenvalue weighted by atomic mass is 79.9. The first-order valence-corrected chi connectivity index (χ1v) is 6.11. The first-order chi connectivity index (χ1) is 8.69. The van der Waals surface area contributed by atoms with Crippen LogP contribution in [0.3, 0.4) is 0 Å². The van der Waals surface area contributed by atoms with E-state index in [-0.39, 0.29) is 5.95 Å². The zero-order valence-corrected chi connectivity index (χ0v) is 11.4. The Hall–Kier alpha value is -1.66. The molecule has 0 atom stereocenters. The Bertz CT molecular complexity index is 547. The standard InChI is InChI=1S/C12H13BrN4O/c1-18-7-8-3-2-4-9(5-8)16-11-10(13)6-15-12(14)17-11/h2-6H,7H2,1H3,(H3,14,15,16,17). The molecule has 18 heavy (non-hydrogen) atoms. The van der Waals surface area contributed by atoms with Crippen LogP contribution in [0.25, 0.3) is 0 Å². The number of halogens is 1. The molecule has 1 heterocycles. The number of hydrogen-bond donors (Lipinski definition) is 2. The number of anilines is 3. The summed E-state index contributed by atoms with van der Waals surface area (Å²) in [6, 6.07) is 7.89. The Morgan fingerprint density at radius 1 is 1.44 bits per heavy atom. The zero-order valence-electron chi connectivity index (χ0n) is 9.85. The molecule has 6 heteroatoms. The molecule has 0 saturated carbocycles. The average molecular weight is 309 g/mol. The number of ether oxygens (including phenoxy) is 1.